The Kier molecular flexibility index (Phi) is 9.48. The second kappa shape index (κ2) is 12.8. The van der Waals surface area contributed by atoms with Gasteiger partial charge in [-0.05, 0) is 48.1 Å². The molecule has 0 atom stereocenters. The molecule has 2 N–H and O–H groups in total. The van der Waals surface area contributed by atoms with E-state index in [2.05, 4.69) is 25.1 Å². The molecule has 0 saturated carbocycles. The third-order valence-corrected chi connectivity index (χ3v) is 5.55. The zero-order chi connectivity index (χ0) is 23.5. The van der Waals surface area contributed by atoms with Gasteiger partial charge in [0.1, 0.15) is 5.75 Å². The summed E-state index contributed by atoms with van der Waals surface area (Å²) in [7, 11) is 0. The first-order valence-corrected chi connectivity index (χ1v) is 11.6. The molecule has 3 rings (SSSR count). The van der Waals surface area contributed by atoms with E-state index in [0.717, 1.165) is 35.3 Å². The lowest BCUT2D eigenvalue weighted by Crippen LogP contribution is -2.36. The van der Waals surface area contributed by atoms with Gasteiger partial charge in [-0.15, -0.1) is 0 Å². The standard InChI is InChI=1S/C28H33NO4/c1-2-20-33-27-11-7-6-10-25(27)23-14-15-26(28(32)29(16-18-30)17-19-31)24(21-23)13-12-22-8-4-3-5-9-22/h3-11,14-15,21,30-31H,2,12-13,16-20H2,1H3. The SMILES string of the molecule is CCCOc1ccccc1-c1ccc(C(=O)N(CCO)CCO)c(CCc2ccccc2)c1. The fourth-order valence-corrected chi connectivity index (χ4v) is 3.87. The van der Waals surface area contributed by atoms with Crippen LogP contribution >= 0.6 is 0 Å². The van der Waals surface area contributed by atoms with E-state index in [1.165, 1.54) is 10.5 Å². The summed E-state index contributed by atoms with van der Waals surface area (Å²) in [6, 6.07) is 24.0. The average Bonchev–Trinajstić information content (AvgIpc) is 2.86. The molecule has 1 amide bonds. The minimum Gasteiger partial charge on any atom is -0.493 e. The van der Waals surface area contributed by atoms with Crippen LogP contribution in [-0.2, 0) is 12.8 Å². The fraction of sp³-hybridized carbons (Fsp3) is 0.321. The highest BCUT2D eigenvalue weighted by Gasteiger charge is 2.19. The van der Waals surface area contributed by atoms with E-state index in [-0.39, 0.29) is 32.2 Å². The van der Waals surface area contributed by atoms with E-state index in [1.54, 1.807) is 0 Å². The predicted molar refractivity (Wildman–Crippen MR) is 132 cm³/mol. The number of carbonyl (C=O) groups is 1. The summed E-state index contributed by atoms with van der Waals surface area (Å²) < 4.78 is 5.96. The number of ether oxygens (including phenoxy) is 1. The highest BCUT2D eigenvalue weighted by Crippen LogP contribution is 2.32. The molecule has 0 fully saturated rings. The zero-order valence-corrected chi connectivity index (χ0v) is 19.2. The Hall–Kier alpha value is -3.15. The predicted octanol–water partition coefficient (Wildman–Crippen LogP) is 4.35. The molecule has 0 aliphatic rings. The number of hydrogen-bond donors (Lipinski definition) is 2. The van der Waals surface area contributed by atoms with Crippen LogP contribution in [0, 0.1) is 0 Å². The molecule has 5 heteroatoms. The highest BCUT2D eigenvalue weighted by atomic mass is 16.5. The Balaban J connectivity index is 1.98. The molecular weight excluding hydrogens is 414 g/mol. The summed E-state index contributed by atoms with van der Waals surface area (Å²) >= 11 is 0. The smallest absolute Gasteiger partial charge is 0.254 e. The number of aliphatic hydroxyl groups is 2. The van der Waals surface area contributed by atoms with E-state index >= 15 is 0 Å². The molecule has 3 aromatic rings. The van der Waals surface area contributed by atoms with Gasteiger partial charge in [-0.3, -0.25) is 4.79 Å². The number of hydrogen-bond acceptors (Lipinski definition) is 4. The van der Waals surface area contributed by atoms with Crippen molar-refractivity contribution in [2.24, 2.45) is 0 Å². The maximum absolute atomic E-state index is 13.3. The van der Waals surface area contributed by atoms with Crippen molar-refractivity contribution in [1.29, 1.82) is 0 Å². The van der Waals surface area contributed by atoms with Gasteiger partial charge in [0.25, 0.3) is 5.91 Å². The lowest BCUT2D eigenvalue weighted by molar-refractivity contribution is 0.0683. The average molecular weight is 448 g/mol. The molecule has 0 aliphatic heterocycles. The van der Waals surface area contributed by atoms with Crippen molar-refractivity contribution < 1.29 is 19.7 Å². The summed E-state index contributed by atoms with van der Waals surface area (Å²) in [5.41, 5.74) is 4.73. The van der Waals surface area contributed by atoms with Gasteiger partial charge in [-0.25, -0.2) is 0 Å². The minimum absolute atomic E-state index is 0.148. The van der Waals surface area contributed by atoms with E-state index < -0.39 is 0 Å². The molecule has 0 aliphatic carbocycles. The Morgan fingerprint density at radius 3 is 2.27 bits per heavy atom. The molecule has 0 bridgehead atoms. The summed E-state index contributed by atoms with van der Waals surface area (Å²) in [6.45, 7) is 2.80. The number of aryl methyl sites for hydroxylation is 2. The third-order valence-electron chi connectivity index (χ3n) is 5.55. The van der Waals surface area contributed by atoms with Crippen molar-refractivity contribution >= 4 is 5.91 Å². The number of para-hydroxylation sites is 1. The molecule has 5 nitrogen and oxygen atoms in total. The van der Waals surface area contributed by atoms with Crippen LogP contribution in [0.2, 0.25) is 0 Å². The Labute approximate surface area is 196 Å². The van der Waals surface area contributed by atoms with Crippen LogP contribution < -0.4 is 4.74 Å². The van der Waals surface area contributed by atoms with Gasteiger partial charge in [0.15, 0.2) is 0 Å². The van der Waals surface area contributed by atoms with Crippen molar-refractivity contribution in [1.82, 2.24) is 4.90 Å². The monoisotopic (exact) mass is 447 g/mol. The van der Waals surface area contributed by atoms with Crippen LogP contribution in [0.15, 0.2) is 72.8 Å². The Bertz CT molecular complexity index is 1010. The molecule has 0 radical (unpaired) electrons. The lowest BCUT2D eigenvalue weighted by Gasteiger charge is -2.23. The zero-order valence-electron chi connectivity index (χ0n) is 19.2. The van der Waals surface area contributed by atoms with Gasteiger partial charge in [0.2, 0.25) is 0 Å². The van der Waals surface area contributed by atoms with Gasteiger partial charge in [-0.1, -0.05) is 67.6 Å². The third kappa shape index (κ3) is 6.67. The first kappa shape index (κ1) is 24.5. The van der Waals surface area contributed by atoms with Gasteiger partial charge >= 0.3 is 0 Å². The molecule has 33 heavy (non-hydrogen) atoms. The quantitative estimate of drug-likeness (QED) is 0.433. The number of aliphatic hydroxyl groups excluding tert-OH is 2. The number of benzene rings is 3. The Morgan fingerprint density at radius 1 is 0.879 bits per heavy atom. The highest BCUT2D eigenvalue weighted by molar-refractivity contribution is 5.96. The summed E-state index contributed by atoms with van der Waals surface area (Å²) in [5.74, 6) is 0.651. The maximum Gasteiger partial charge on any atom is 0.254 e. The number of nitrogens with zero attached hydrogens (tertiary/aromatic N) is 1. The van der Waals surface area contributed by atoms with E-state index in [0.29, 0.717) is 18.6 Å². The maximum atomic E-state index is 13.3. The second-order valence-electron chi connectivity index (χ2n) is 7.94. The van der Waals surface area contributed by atoms with Crippen molar-refractivity contribution in [2.45, 2.75) is 26.2 Å². The number of rotatable bonds is 12. The fourth-order valence-electron chi connectivity index (χ4n) is 3.87. The summed E-state index contributed by atoms with van der Waals surface area (Å²) in [6.07, 6.45) is 2.43. The minimum atomic E-state index is -0.178. The van der Waals surface area contributed by atoms with Gasteiger partial charge in [0, 0.05) is 24.2 Å². The molecular formula is C28H33NO4. The molecule has 0 saturated heterocycles. The van der Waals surface area contributed by atoms with Crippen molar-refractivity contribution in [3.05, 3.63) is 89.5 Å². The van der Waals surface area contributed by atoms with Gasteiger partial charge < -0.3 is 19.8 Å². The van der Waals surface area contributed by atoms with Crippen LogP contribution in [0.5, 0.6) is 5.75 Å². The van der Waals surface area contributed by atoms with Crippen molar-refractivity contribution in [3.8, 4) is 16.9 Å². The molecule has 3 aromatic carbocycles. The molecule has 0 aromatic heterocycles. The van der Waals surface area contributed by atoms with Crippen molar-refractivity contribution in [2.75, 3.05) is 32.9 Å². The van der Waals surface area contributed by atoms with Gasteiger partial charge in [-0.2, -0.15) is 0 Å². The number of amides is 1. The van der Waals surface area contributed by atoms with E-state index in [1.807, 2.05) is 54.6 Å². The van der Waals surface area contributed by atoms with Gasteiger partial charge in [0.05, 0.1) is 19.8 Å². The molecule has 0 spiro atoms. The summed E-state index contributed by atoms with van der Waals surface area (Å²) in [5, 5.41) is 18.8. The normalized spacial score (nSPS) is 10.8. The topological polar surface area (TPSA) is 70.0 Å². The molecule has 0 heterocycles. The van der Waals surface area contributed by atoms with Crippen LogP contribution in [-0.4, -0.2) is 53.9 Å². The van der Waals surface area contributed by atoms with Crippen LogP contribution in [0.3, 0.4) is 0 Å². The largest absolute Gasteiger partial charge is 0.493 e. The summed E-state index contributed by atoms with van der Waals surface area (Å²) in [4.78, 5) is 14.8. The van der Waals surface area contributed by atoms with Crippen molar-refractivity contribution in [3.63, 3.8) is 0 Å². The van der Waals surface area contributed by atoms with Crippen LogP contribution in [0.25, 0.3) is 11.1 Å². The number of carbonyl (C=O) groups excluding carboxylic acids is 1. The Morgan fingerprint density at radius 2 is 1.58 bits per heavy atom. The first-order chi connectivity index (χ1) is 16.2. The van der Waals surface area contributed by atoms with Crippen LogP contribution in [0.4, 0.5) is 0 Å². The van der Waals surface area contributed by atoms with E-state index in [9.17, 15) is 15.0 Å². The second-order valence-corrected chi connectivity index (χ2v) is 7.94. The molecule has 0 unspecified atom stereocenters. The molecule has 174 valence electrons. The van der Waals surface area contributed by atoms with E-state index in [4.69, 9.17) is 4.74 Å². The first-order valence-electron chi connectivity index (χ1n) is 11.6. The lowest BCUT2D eigenvalue weighted by atomic mass is 9.94. The van der Waals surface area contributed by atoms with Crippen LogP contribution in [0.1, 0.15) is 34.8 Å².